The number of hydrogen-bond acceptors (Lipinski definition) is 4. The molecule has 1 aromatic heterocycles. The molecule has 1 aliphatic carbocycles. The van der Waals surface area contributed by atoms with Crippen molar-refractivity contribution in [1.82, 2.24) is 20.3 Å². The quantitative estimate of drug-likeness (QED) is 0.812. The van der Waals surface area contributed by atoms with Crippen molar-refractivity contribution in [1.29, 1.82) is 0 Å². The highest BCUT2D eigenvalue weighted by Crippen LogP contribution is 2.18. The third kappa shape index (κ3) is 2.94. The fourth-order valence-corrected chi connectivity index (χ4v) is 2.22. The smallest absolute Gasteiger partial charge is 0.244 e. The van der Waals surface area contributed by atoms with Gasteiger partial charge in [0.1, 0.15) is 11.7 Å². The van der Waals surface area contributed by atoms with Crippen molar-refractivity contribution in [3.05, 3.63) is 11.9 Å². The van der Waals surface area contributed by atoms with Crippen LogP contribution in [0, 0.1) is 0 Å². The first kappa shape index (κ1) is 12.7. The highest BCUT2D eigenvalue weighted by atomic mass is 16.2. The van der Waals surface area contributed by atoms with Crippen LogP contribution < -0.4 is 5.32 Å². The van der Waals surface area contributed by atoms with E-state index in [4.69, 9.17) is 0 Å². The van der Waals surface area contributed by atoms with Crippen molar-refractivity contribution in [3.63, 3.8) is 0 Å². The Labute approximate surface area is 106 Å². The Morgan fingerprint density at radius 2 is 2.22 bits per heavy atom. The lowest BCUT2D eigenvalue weighted by Crippen LogP contribution is -2.40. The number of aromatic nitrogens is 3. The van der Waals surface area contributed by atoms with Gasteiger partial charge in [0.2, 0.25) is 5.91 Å². The summed E-state index contributed by atoms with van der Waals surface area (Å²) < 4.78 is 1.42. The molecule has 1 heterocycles. The summed E-state index contributed by atoms with van der Waals surface area (Å²) in [5.41, 5.74) is 0.243. The van der Waals surface area contributed by atoms with Crippen molar-refractivity contribution < 1.29 is 9.59 Å². The molecule has 18 heavy (non-hydrogen) atoms. The van der Waals surface area contributed by atoms with Crippen LogP contribution in [0.3, 0.4) is 0 Å². The van der Waals surface area contributed by atoms with Gasteiger partial charge < -0.3 is 5.32 Å². The van der Waals surface area contributed by atoms with E-state index in [1.54, 1.807) is 6.92 Å². The number of nitrogens with one attached hydrogen (secondary N) is 1. The molecule has 0 radical (unpaired) electrons. The monoisotopic (exact) mass is 250 g/mol. The van der Waals surface area contributed by atoms with Crippen LogP contribution >= 0.6 is 0 Å². The lowest BCUT2D eigenvalue weighted by molar-refractivity contribution is -0.125. The van der Waals surface area contributed by atoms with Crippen LogP contribution in [0.15, 0.2) is 6.20 Å². The van der Waals surface area contributed by atoms with Gasteiger partial charge in [-0.2, -0.15) is 0 Å². The van der Waals surface area contributed by atoms with E-state index < -0.39 is 6.04 Å². The van der Waals surface area contributed by atoms with E-state index in [1.807, 2.05) is 0 Å². The van der Waals surface area contributed by atoms with Gasteiger partial charge in [-0.15, -0.1) is 5.10 Å². The molecule has 1 unspecified atom stereocenters. The number of amides is 1. The average Bonchev–Trinajstić information content (AvgIpc) is 2.87. The van der Waals surface area contributed by atoms with E-state index in [1.165, 1.54) is 30.1 Å². The van der Waals surface area contributed by atoms with Crippen LogP contribution in [0.25, 0.3) is 0 Å². The zero-order chi connectivity index (χ0) is 13.0. The molecule has 6 heteroatoms. The number of rotatable bonds is 4. The Morgan fingerprint density at radius 1 is 1.50 bits per heavy atom. The minimum atomic E-state index is -0.437. The van der Waals surface area contributed by atoms with E-state index >= 15 is 0 Å². The molecule has 0 saturated heterocycles. The lowest BCUT2D eigenvalue weighted by Gasteiger charge is -2.24. The Hall–Kier alpha value is -1.72. The second-order valence-electron chi connectivity index (χ2n) is 4.76. The van der Waals surface area contributed by atoms with Gasteiger partial charge in [-0.25, -0.2) is 4.68 Å². The van der Waals surface area contributed by atoms with Crippen LogP contribution in [0.4, 0.5) is 0 Å². The van der Waals surface area contributed by atoms with Gasteiger partial charge in [0, 0.05) is 6.04 Å². The summed E-state index contributed by atoms with van der Waals surface area (Å²) in [6, 6.07) is -0.157. The third-order valence-corrected chi connectivity index (χ3v) is 3.38. The fourth-order valence-electron chi connectivity index (χ4n) is 2.22. The normalized spacial score (nSPS) is 18.3. The van der Waals surface area contributed by atoms with Crippen LogP contribution in [-0.4, -0.2) is 33.2 Å². The topological polar surface area (TPSA) is 76.9 Å². The number of nitrogens with zero attached hydrogens (tertiary/aromatic N) is 3. The molecule has 0 aromatic carbocycles. The largest absolute Gasteiger partial charge is 0.352 e. The molecule has 98 valence electrons. The molecule has 1 fully saturated rings. The van der Waals surface area contributed by atoms with Crippen molar-refractivity contribution in [2.24, 2.45) is 0 Å². The predicted molar refractivity (Wildman–Crippen MR) is 65.1 cm³/mol. The summed E-state index contributed by atoms with van der Waals surface area (Å²) in [6.45, 7) is 1.75. The highest BCUT2D eigenvalue weighted by Gasteiger charge is 2.21. The van der Waals surface area contributed by atoms with E-state index in [9.17, 15) is 9.59 Å². The van der Waals surface area contributed by atoms with Crippen LogP contribution in [0.1, 0.15) is 55.6 Å². The molecule has 6 nitrogen and oxygen atoms in total. The molecule has 1 aromatic rings. The standard InChI is InChI=1S/C12H18N4O2/c1-9(16-7-11(8-17)14-15-16)12(18)13-10-5-3-2-4-6-10/h7-10H,2-6H2,1H3,(H,13,18). The van der Waals surface area contributed by atoms with Crippen LogP contribution in [-0.2, 0) is 4.79 Å². The minimum absolute atomic E-state index is 0.0655. The molecular formula is C12H18N4O2. The summed E-state index contributed by atoms with van der Waals surface area (Å²) in [6.07, 6.45) is 7.82. The lowest BCUT2D eigenvalue weighted by atomic mass is 9.95. The maximum absolute atomic E-state index is 12.0. The van der Waals surface area contributed by atoms with Gasteiger partial charge in [-0.3, -0.25) is 9.59 Å². The third-order valence-electron chi connectivity index (χ3n) is 3.38. The zero-order valence-electron chi connectivity index (χ0n) is 10.5. The molecule has 1 atom stereocenters. The van der Waals surface area contributed by atoms with Crippen molar-refractivity contribution in [2.45, 2.75) is 51.1 Å². The van der Waals surface area contributed by atoms with E-state index in [-0.39, 0.29) is 17.6 Å². The summed E-state index contributed by atoms with van der Waals surface area (Å²) in [7, 11) is 0. The molecule has 1 amide bonds. The number of carbonyl (C=O) groups is 2. The van der Waals surface area contributed by atoms with E-state index in [0.717, 1.165) is 12.8 Å². The van der Waals surface area contributed by atoms with Crippen LogP contribution in [0.2, 0.25) is 0 Å². The van der Waals surface area contributed by atoms with Crippen molar-refractivity contribution in [3.8, 4) is 0 Å². The minimum Gasteiger partial charge on any atom is -0.352 e. The number of hydrogen-bond donors (Lipinski definition) is 1. The maximum Gasteiger partial charge on any atom is 0.244 e. The summed E-state index contributed by atoms with van der Waals surface area (Å²) >= 11 is 0. The van der Waals surface area contributed by atoms with Gasteiger partial charge in [-0.05, 0) is 19.8 Å². The highest BCUT2D eigenvalue weighted by molar-refractivity contribution is 5.80. The summed E-state index contributed by atoms with van der Waals surface area (Å²) in [5.74, 6) is -0.0655. The summed E-state index contributed by atoms with van der Waals surface area (Å²) in [4.78, 5) is 22.5. The first-order valence-corrected chi connectivity index (χ1v) is 6.38. The van der Waals surface area contributed by atoms with Gasteiger partial charge in [0.05, 0.1) is 6.20 Å². The molecule has 2 rings (SSSR count). The zero-order valence-corrected chi connectivity index (χ0v) is 10.5. The van der Waals surface area contributed by atoms with Crippen LogP contribution in [0.5, 0.6) is 0 Å². The number of aldehydes is 1. The molecule has 1 N–H and O–H groups in total. The molecular weight excluding hydrogens is 232 g/mol. The Balaban J connectivity index is 1.93. The number of carbonyl (C=O) groups excluding carboxylic acids is 2. The van der Waals surface area contributed by atoms with E-state index in [2.05, 4.69) is 15.6 Å². The second-order valence-corrected chi connectivity index (χ2v) is 4.76. The molecule has 0 bridgehead atoms. The molecule has 1 saturated carbocycles. The molecule has 1 aliphatic rings. The second kappa shape index (κ2) is 5.75. The van der Waals surface area contributed by atoms with Gasteiger partial charge in [0.25, 0.3) is 0 Å². The van der Waals surface area contributed by atoms with E-state index in [0.29, 0.717) is 6.29 Å². The van der Waals surface area contributed by atoms with Gasteiger partial charge in [0.15, 0.2) is 6.29 Å². The fraction of sp³-hybridized carbons (Fsp3) is 0.667. The maximum atomic E-state index is 12.0. The van der Waals surface area contributed by atoms with Gasteiger partial charge in [-0.1, -0.05) is 24.5 Å². The SMILES string of the molecule is CC(C(=O)NC1CCCCC1)n1cc(C=O)nn1. The first-order chi connectivity index (χ1) is 8.70. The summed E-state index contributed by atoms with van der Waals surface area (Å²) in [5, 5.41) is 10.5. The molecule has 0 spiro atoms. The van der Waals surface area contributed by atoms with Gasteiger partial charge >= 0.3 is 0 Å². The van der Waals surface area contributed by atoms with Crippen molar-refractivity contribution in [2.75, 3.05) is 0 Å². The Morgan fingerprint density at radius 3 is 2.83 bits per heavy atom. The Kier molecular flexibility index (Phi) is 4.07. The molecule has 0 aliphatic heterocycles. The van der Waals surface area contributed by atoms with Crippen molar-refractivity contribution >= 4 is 12.2 Å². The Bertz CT molecular complexity index is 423. The average molecular weight is 250 g/mol. The predicted octanol–water partition coefficient (Wildman–Crippen LogP) is 1.10. The first-order valence-electron chi connectivity index (χ1n) is 6.38.